The Labute approximate surface area is 208 Å². The number of anilines is 2. The number of nitriles is 1. The van der Waals surface area contributed by atoms with Gasteiger partial charge in [-0.1, -0.05) is 0 Å². The van der Waals surface area contributed by atoms with Crippen molar-refractivity contribution in [1.29, 1.82) is 5.26 Å². The first-order valence-electron chi connectivity index (χ1n) is 11.7. The predicted octanol–water partition coefficient (Wildman–Crippen LogP) is 2.66. The van der Waals surface area contributed by atoms with Gasteiger partial charge >= 0.3 is 0 Å². The van der Waals surface area contributed by atoms with Crippen LogP contribution in [0.25, 0.3) is 11.3 Å². The van der Waals surface area contributed by atoms with Gasteiger partial charge in [-0.3, -0.25) is 14.7 Å². The first-order chi connectivity index (χ1) is 17.5. The van der Waals surface area contributed by atoms with Gasteiger partial charge in [0.05, 0.1) is 41.8 Å². The summed E-state index contributed by atoms with van der Waals surface area (Å²) < 4.78 is 13.6. The minimum Gasteiger partial charge on any atom is -0.369 e. The molecule has 10 heteroatoms. The number of carbonyl (C=O) groups is 1. The van der Waals surface area contributed by atoms with Gasteiger partial charge in [-0.25, -0.2) is 9.37 Å². The van der Waals surface area contributed by atoms with Gasteiger partial charge in [0.1, 0.15) is 11.5 Å². The number of carbonyl (C=O) groups excluding carboxylic acids is 1. The van der Waals surface area contributed by atoms with Crippen molar-refractivity contribution in [1.82, 2.24) is 20.2 Å². The van der Waals surface area contributed by atoms with Crippen molar-refractivity contribution >= 4 is 17.3 Å². The van der Waals surface area contributed by atoms with E-state index < -0.39 is 12.0 Å². The number of aliphatic hydroxyl groups excluding tert-OH is 1. The number of fused-ring (bicyclic) bond motifs is 3. The number of hydrogen-bond acceptors (Lipinski definition) is 8. The zero-order valence-corrected chi connectivity index (χ0v) is 19.8. The van der Waals surface area contributed by atoms with Gasteiger partial charge in [0, 0.05) is 50.6 Å². The van der Waals surface area contributed by atoms with E-state index in [-0.39, 0.29) is 11.9 Å². The van der Waals surface area contributed by atoms with Crippen LogP contribution in [0.4, 0.5) is 15.8 Å². The molecule has 2 aliphatic heterocycles. The molecule has 2 aromatic heterocycles. The number of halogens is 1. The van der Waals surface area contributed by atoms with Crippen molar-refractivity contribution in [3.8, 4) is 17.3 Å². The molecule has 1 fully saturated rings. The molecule has 2 aliphatic rings. The largest absolute Gasteiger partial charge is 0.369 e. The lowest BCUT2D eigenvalue weighted by atomic mass is 9.97. The lowest BCUT2D eigenvalue weighted by Gasteiger charge is -2.42. The van der Waals surface area contributed by atoms with E-state index in [0.717, 1.165) is 17.8 Å². The van der Waals surface area contributed by atoms with E-state index in [1.165, 1.54) is 12.1 Å². The molecule has 3 aromatic rings. The number of rotatable bonds is 5. The molecule has 0 aliphatic carbocycles. The quantitative estimate of drug-likeness (QED) is 0.503. The van der Waals surface area contributed by atoms with Crippen LogP contribution >= 0.6 is 0 Å². The van der Waals surface area contributed by atoms with Gasteiger partial charge in [-0.2, -0.15) is 5.26 Å². The number of hydrogen-bond donors (Lipinski definition) is 3. The Morgan fingerprint density at radius 2 is 2.11 bits per heavy atom. The van der Waals surface area contributed by atoms with E-state index >= 15 is 0 Å². The molecule has 1 saturated heterocycles. The Balaban J connectivity index is 1.31. The SMILES string of the molecule is CNC(=O)c1ccc(N2CCN(Cc3cnc4c(c3)NC(O)c3cc(F)ccc3-4)C[C@@H]2CC#N)cn1. The van der Waals surface area contributed by atoms with Crippen LogP contribution in [0.1, 0.15) is 34.3 Å². The normalized spacial score (nSPS) is 19.0. The Hall–Kier alpha value is -4.07. The first kappa shape index (κ1) is 23.7. The molecular weight excluding hydrogens is 461 g/mol. The molecule has 0 spiro atoms. The third-order valence-corrected chi connectivity index (χ3v) is 6.64. The Morgan fingerprint density at radius 3 is 2.86 bits per heavy atom. The minimum absolute atomic E-state index is 0.0243. The van der Waals surface area contributed by atoms with Crippen LogP contribution in [-0.2, 0) is 6.54 Å². The molecule has 0 bridgehead atoms. The van der Waals surface area contributed by atoms with Crippen LogP contribution in [0, 0.1) is 17.1 Å². The Bertz CT molecular complexity index is 1320. The van der Waals surface area contributed by atoms with Crippen molar-refractivity contribution in [3.63, 3.8) is 0 Å². The van der Waals surface area contributed by atoms with E-state index in [1.807, 2.05) is 12.1 Å². The standard InChI is InChI=1S/C26H26FN7O2/c1-29-26(36)22-5-3-18(13-30-22)34-9-8-33(15-19(34)6-7-28)14-16-10-23-24(31-12-16)20-4-2-17(27)11-21(20)25(35)32-23/h2-5,10-13,19,25,32,35H,6,8-9,14-15H2,1H3,(H,29,36)/t19-,25?/m0/s1. The first-order valence-corrected chi connectivity index (χ1v) is 11.7. The van der Waals surface area contributed by atoms with Gasteiger partial charge in [-0.15, -0.1) is 0 Å². The minimum atomic E-state index is -1.01. The zero-order valence-electron chi connectivity index (χ0n) is 19.8. The summed E-state index contributed by atoms with van der Waals surface area (Å²) in [6, 6.07) is 12.1. The van der Waals surface area contributed by atoms with Gasteiger partial charge in [0.2, 0.25) is 0 Å². The summed E-state index contributed by atoms with van der Waals surface area (Å²) in [6.07, 6.45) is 2.83. The summed E-state index contributed by atoms with van der Waals surface area (Å²) in [5, 5.41) is 25.5. The fraction of sp³-hybridized carbons (Fsp3) is 0.308. The number of piperazine rings is 1. The van der Waals surface area contributed by atoms with Crippen molar-refractivity contribution < 1.29 is 14.3 Å². The van der Waals surface area contributed by atoms with Gasteiger partial charge in [0.25, 0.3) is 5.91 Å². The van der Waals surface area contributed by atoms with Gasteiger partial charge in [-0.05, 0) is 42.0 Å². The van der Waals surface area contributed by atoms with Gasteiger partial charge in [0.15, 0.2) is 6.23 Å². The number of aromatic nitrogens is 2. The smallest absolute Gasteiger partial charge is 0.269 e. The van der Waals surface area contributed by atoms with Crippen LogP contribution in [-0.4, -0.2) is 58.6 Å². The summed E-state index contributed by atoms with van der Waals surface area (Å²) in [7, 11) is 1.57. The van der Waals surface area contributed by atoms with Crippen LogP contribution in [0.15, 0.2) is 48.8 Å². The lowest BCUT2D eigenvalue weighted by Crippen LogP contribution is -2.52. The number of nitrogens with one attached hydrogen (secondary N) is 2. The third-order valence-electron chi connectivity index (χ3n) is 6.64. The molecule has 2 atom stereocenters. The molecule has 1 aromatic carbocycles. The molecule has 1 unspecified atom stereocenters. The highest BCUT2D eigenvalue weighted by molar-refractivity contribution is 5.92. The van der Waals surface area contributed by atoms with Gasteiger partial charge < -0.3 is 20.6 Å². The average Bonchev–Trinajstić information content (AvgIpc) is 2.89. The summed E-state index contributed by atoms with van der Waals surface area (Å²) in [6.45, 7) is 2.80. The number of pyridine rings is 2. The second-order valence-corrected chi connectivity index (χ2v) is 8.94. The van der Waals surface area contributed by atoms with Crippen LogP contribution in [0.5, 0.6) is 0 Å². The molecule has 0 radical (unpaired) electrons. The molecule has 9 nitrogen and oxygen atoms in total. The summed E-state index contributed by atoms with van der Waals surface area (Å²) in [5.74, 6) is -0.643. The fourth-order valence-corrected chi connectivity index (χ4v) is 4.88. The van der Waals surface area contributed by atoms with Crippen LogP contribution in [0.3, 0.4) is 0 Å². The molecule has 4 heterocycles. The highest BCUT2D eigenvalue weighted by atomic mass is 19.1. The molecule has 3 N–H and O–H groups in total. The second kappa shape index (κ2) is 9.89. The van der Waals surface area contributed by atoms with E-state index in [1.54, 1.807) is 31.6 Å². The number of benzene rings is 1. The van der Waals surface area contributed by atoms with E-state index in [4.69, 9.17) is 0 Å². The predicted molar refractivity (Wildman–Crippen MR) is 132 cm³/mol. The highest BCUT2D eigenvalue weighted by Crippen LogP contribution is 2.39. The monoisotopic (exact) mass is 487 g/mol. The number of aliphatic hydroxyl groups is 1. The number of amides is 1. The third kappa shape index (κ3) is 4.58. The Morgan fingerprint density at radius 1 is 1.25 bits per heavy atom. The van der Waals surface area contributed by atoms with E-state index in [2.05, 4.69) is 36.5 Å². The maximum absolute atomic E-state index is 13.6. The summed E-state index contributed by atoms with van der Waals surface area (Å²) in [5.41, 5.74) is 4.76. The van der Waals surface area contributed by atoms with Crippen molar-refractivity contribution in [3.05, 3.63) is 71.4 Å². The maximum atomic E-state index is 13.6. The fourth-order valence-electron chi connectivity index (χ4n) is 4.88. The second-order valence-electron chi connectivity index (χ2n) is 8.94. The molecule has 36 heavy (non-hydrogen) atoms. The molecule has 5 rings (SSSR count). The molecule has 1 amide bonds. The molecular formula is C26H26FN7O2. The highest BCUT2D eigenvalue weighted by Gasteiger charge is 2.29. The van der Waals surface area contributed by atoms with Crippen molar-refractivity contribution in [2.45, 2.75) is 25.2 Å². The average molecular weight is 488 g/mol. The van der Waals surface area contributed by atoms with Crippen LogP contribution in [0.2, 0.25) is 0 Å². The van der Waals surface area contributed by atoms with Crippen molar-refractivity contribution in [2.24, 2.45) is 0 Å². The zero-order chi connectivity index (χ0) is 25.2. The number of nitrogens with zero attached hydrogens (tertiary/aromatic N) is 5. The molecule has 184 valence electrons. The summed E-state index contributed by atoms with van der Waals surface area (Å²) >= 11 is 0. The Kier molecular flexibility index (Phi) is 6.50. The van der Waals surface area contributed by atoms with E-state index in [0.29, 0.717) is 54.3 Å². The van der Waals surface area contributed by atoms with Crippen molar-refractivity contribution in [2.75, 3.05) is 36.9 Å². The topological polar surface area (TPSA) is 117 Å². The molecule has 0 saturated carbocycles. The van der Waals surface area contributed by atoms with Crippen LogP contribution < -0.4 is 15.5 Å². The lowest BCUT2D eigenvalue weighted by molar-refractivity contribution is 0.0958. The summed E-state index contributed by atoms with van der Waals surface area (Å²) in [4.78, 5) is 25.1. The van der Waals surface area contributed by atoms with E-state index in [9.17, 15) is 19.6 Å². The maximum Gasteiger partial charge on any atom is 0.269 e.